The molecule has 0 aliphatic heterocycles. The zero-order valence-corrected chi connectivity index (χ0v) is 15.5. The number of carbonyl (C=O) groups excluding carboxylic acids is 1. The number of hydrogen-bond acceptors (Lipinski definition) is 6. The molecule has 3 rings (SSSR count). The molecule has 0 aliphatic carbocycles. The predicted octanol–water partition coefficient (Wildman–Crippen LogP) is 3.12. The SMILES string of the molecule is CCOc1cc(C(=O)OCc2cc(=O)n3cc(C)ccc3n2)cc(Cl)c1O. The van der Waals surface area contributed by atoms with E-state index in [2.05, 4.69) is 4.98 Å². The minimum atomic E-state index is -0.677. The summed E-state index contributed by atoms with van der Waals surface area (Å²) in [6.45, 7) is 3.73. The molecule has 0 atom stereocenters. The zero-order chi connectivity index (χ0) is 19.6. The molecular weight excluding hydrogens is 372 g/mol. The normalized spacial score (nSPS) is 10.8. The van der Waals surface area contributed by atoms with Crippen LogP contribution < -0.4 is 10.3 Å². The van der Waals surface area contributed by atoms with Gasteiger partial charge in [0.2, 0.25) is 0 Å². The fraction of sp³-hybridized carbons (Fsp3) is 0.211. The van der Waals surface area contributed by atoms with Crippen LogP contribution in [-0.2, 0) is 11.3 Å². The smallest absolute Gasteiger partial charge is 0.338 e. The Bertz CT molecular complexity index is 1080. The first-order chi connectivity index (χ1) is 12.9. The fourth-order valence-corrected chi connectivity index (χ4v) is 2.72. The molecule has 0 spiro atoms. The second-order valence-corrected chi connectivity index (χ2v) is 6.24. The number of esters is 1. The molecular formula is C19H17ClN2O5. The van der Waals surface area contributed by atoms with Crippen molar-refractivity contribution in [2.75, 3.05) is 6.61 Å². The lowest BCUT2D eigenvalue weighted by Crippen LogP contribution is -2.17. The monoisotopic (exact) mass is 388 g/mol. The van der Waals surface area contributed by atoms with E-state index in [0.29, 0.717) is 17.9 Å². The molecule has 8 heteroatoms. The highest BCUT2D eigenvalue weighted by atomic mass is 35.5. The third-order valence-electron chi connectivity index (χ3n) is 3.78. The van der Waals surface area contributed by atoms with Gasteiger partial charge in [-0.25, -0.2) is 9.78 Å². The Morgan fingerprint density at radius 2 is 2.07 bits per heavy atom. The van der Waals surface area contributed by atoms with Gasteiger partial charge in [-0.1, -0.05) is 17.7 Å². The van der Waals surface area contributed by atoms with Crippen molar-refractivity contribution in [3.05, 3.63) is 68.7 Å². The summed E-state index contributed by atoms with van der Waals surface area (Å²) in [5.41, 5.74) is 1.58. The third-order valence-corrected chi connectivity index (χ3v) is 4.06. The molecule has 2 heterocycles. The van der Waals surface area contributed by atoms with Crippen LogP contribution in [0.1, 0.15) is 28.5 Å². The Balaban J connectivity index is 1.81. The Morgan fingerprint density at radius 1 is 1.30 bits per heavy atom. The summed E-state index contributed by atoms with van der Waals surface area (Å²) in [5.74, 6) is -0.826. The van der Waals surface area contributed by atoms with E-state index in [4.69, 9.17) is 21.1 Å². The molecule has 140 valence electrons. The van der Waals surface area contributed by atoms with Crippen LogP contribution in [0.5, 0.6) is 11.5 Å². The Kier molecular flexibility index (Phi) is 5.32. The average molecular weight is 389 g/mol. The summed E-state index contributed by atoms with van der Waals surface area (Å²) >= 11 is 5.92. The van der Waals surface area contributed by atoms with E-state index in [1.54, 1.807) is 19.2 Å². The molecule has 0 unspecified atom stereocenters. The highest BCUT2D eigenvalue weighted by Crippen LogP contribution is 2.35. The summed E-state index contributed by atoms with van der Waals surface area (Å²) in [5, 5.41) is 9.81. The summed E-state index contributed by atoms with van der Waals surface area (Å²) in [4.78, 5) is 28.8. The number of aromatic nitrogens is 2. The van der Waals surface area contributed by atoms with E-state index in [9.17, 15) is 14.7 Å². The van der Waals surface area contributed by atoms with Gasteiger partial charge in [0, 0.05) is 12.3 Å². The number of ether oxygens (including phenoxy) is 2. The van der Waals surface area contributed by atoms with E-state index in [1.807, 2.05) is 13.0 Å². The second kappa shape index (κ2) is 7.67. The lowest BCUT2D eigenvalue weighted by Gasteiger charge is -2.10. The molecule has 0 radical (unpaired) electrons. The number of aromatic hydroxyl groups is 1. The van der Waals surface area contributed by atoms with Crippen LogP contribution in [0.4, 0.5) is 0 Å². The van der Waals surface area contributed by atoms with Crippen LogP contribution in [0.3, 0.4) is 0 Å². The van der Waals surface area contributed by atoms with Crippen molar-refractivity contribution < 1.29 is 19.4 Å². The standard InChI is InChI=1S/C19H17ClN2O5/c1-3-26-15-7-12(6-14(20)18(15)24)19(25)27-10-13-8-17(23)22-9-11(2)4-5-16(22)21-13/h4-9,24H,3,10H2,1-2H3. The summed E-state index contributed by atoms with van der Waals surface area (Å²) < 4.78 is 11.9. The van der Waals surface area contributed by atoms with Crippen LogP contribution >= 0.6 is 11.6 Å². The van der Waals surface area contributed by atoms with Gasteiger partial charge < -0.3 is 14.6 Å². The molecule has 1 N–H and O–H groups in total. The van der Waals surface area contributed by atoms with E-state index in [0.717, 1.165) is 5.56 Å². The lowest BCUT2D eigenvalue weighted by molar-refractivity contribution is 0.0467. The van der Waals surface area contributed by atoms with Crippen LogP contribution in [-0.4, -0.2) is 27.1 Å². The molecule has 0 saturated heterocycles. The molecule has 3 aromatic rings. The van der Waals surface area contributed by atoms with Crippen LogP contribution in [0, 0.1) is 6.92 Å². The number of phenols is 1. The highest BCUT2D eigenvalue weighted by Gasteiger charge is 2.16. The van der Waals surface area contributed by atoms with Crippen molar-refractivity contribution in [1.29, 1.82) is 0 Å². The van der Waals surface area contributed by atoms with E-state index in [-0.39, 0.29) is 34.3 Å². The summed E-state index contributed by atoms with van der Waals surface area (Å²) in [6.07, 6.45) is 1.69. The van der Waals surface area contributed by atoms with Crippen molar-refractivity contribution in [3.63, 3.8) is 0 Å². The van der Waals surface area contributed by atoms with Crippen LogP contribution in [0.15, 0.2) is 41.3 Å². The largest absolute Gasteiger partial charge is 0.503 e. The molecule has 7 nitrogen and oxygen atoms in total. The number of pyridine rings is 1. The first-order valence-electron chi connectivity index (χ1n) is 8.20. The van der Waals surface area contributed by atoms with Gasteiger partial charge in [-0.15, -0.1) is 0 Å². The van der Waals surface area contributed by atoms with Crippen LogP contribution in [0.2, 0.25) is 5.02 Å². The van der Waals surface area contributed by atoms with Gasteiger partial charge in [0.1, 0.15) is 12.3 Å². The topological polar surface area (TPSA) is 90.1 Å². The van der Waals surface area contributed by atoms with E-state index < -0.39 is 5.97 Å². The van der Waals surface area contributed by atoms with Crippen molar-refractivity contribution >= 4 is 23.2 Å². The number of rotatable bonds is 5. The number of fused-ring (bicyclic) bond motifs is 1. The van der Waals surface area contributed by atoms with E-state index >= 15 is 0 Å². The number of hydrogen-bond donors (Lipinski definition) is 1. The minimum Gasteiger partial charge on any atom is -0.503 e. The van der Waals surface area contributed by atoms with Gasteiger partial charge in [0.05, 0.1) is 22.9 Å². The molecule has 0 amide bonds. The Labute approximate surface area is 159 Å². The molecule has 1 aromatic carbocycles. The minimum absolute atomic E-state index is 0.0228. The van der Waals surface area contributed by atoms with Gasteiger partial charge in [-0.05, 0) is 37.6 Å². The molecule has 0 saturated carbocycles. The lowest BCUT2D eigenvalue weighted by atomic mass is 10.2. The molecule has 2 aromatic heterocycles. The van der Waals surface area contributed by atoms with Gasteiger partial charge in [-0.3, -0.25) is 9.20 Å². The molecule has 0 aliphatic rings. The van der Waals surface area contributed by atoms with Gasteiger partial charge in [-0.2, -0.15) is 0 Å². The van der Waals surface area contributed by atoms with Crippen molar-refractivity contribution in [2.45, 2.75) is 20.5 Å². The van der Waals surface area contributed by atoms with Crippen LogP contribution in [0.25, 0.3) is 5.65 Å². The maximum absolute atomic E-state index is 12.3. The number of phenolic OH excluding ortho intramolecular Hbond substituents is 1. The summed E-state index contributed by atoms with van der Waals surface area (Å²) in [6, 6.07) is 7.50. The van der Waals surface area contributed by atoms with Gasteiger partial charge in [0.15, 0.2) is 11.5 Å². The van der Waals surface area contributed by atoms with Crippen molar-refractivity contribution in [1.82, 2.24) is 9.38 Å². The number of carbonyl (C=O) groups is 1. The Hall–Kier alpha value is -3.06. The predicted molar refractivity (Wildman–Crippen MR) is 99.6 cm³/mol. The maximum Gasteiger partial charge on any atom is 0.338 e. The third kappa shape index (κ3) is 4.03. The molecule has 27 heavy (non-hydrogen) atoms. The quantitative estimate of drug-likeness (QED) is 0.675. The fourth-order valence-electron chi connectivity index (χ4n) is 2.51. The number of benzene rings is 1. The van der Waals surface area contributed by atoms with Crippen molar-refractivity contribution in [3.8, 4) is 11.5 Å². The zero-order valence-electron chi connectivity index (χ0n) is 14.7. The van der Waals surface area contributed by atoms with Crippen molar-refractivity contribution in [2.24, 2.45) is 0 Å². The number of nitrogens with zero attached hydrogens (tertiary/aromatic N) is 2. The van der Waals surface area contributed by atoms with Gasteiger partial charge in [0.25, 0.3) is 5.56 Å². The first-order valence-corrected chi connectivity index (χ1v) is 8.58. The Morgan fingerprint density at radius 3 is 2.81 bits per heavy atom. The first kappa shape index (κ1) is 18.7. The van der Waals surface area contributed by atoms with E-state index in [1.165, 1.54) is 22.6 Å². The maximum atomic E-state index is 12.3. The summed E-state index contributed by atoms with van der Waals surface area (Å²) in [7, 11) is 0. The second-order valence-electron chi connectivity index (χ2n) is 5.83. The molecule has 0 bridgehead atoms. The van der Waals surface area contributed by atoms with Gasteiger partial charge >= 0.3 is 5.97 Å². The highest BCUT2D eigenvalue weighted by molar-refractivity contribution is 6.32. The number of halogens is 1. The molecule has 0 fully saturated rings. The number of aryl methyl sites for hydroxylation is 1. The average Bonchev–Trinajstić information content (AvgIpc) is 2.64.